The minimum Gasteiger partial charge on any atom is -0.494 e. The highest BCUT2D eigenvalue weighted by atomic mass is 16.5. The summed E-state index contributed by atoms with van der Waals surface area (Å²) < 4.78 is 11.3. The second-order valence-electron chi connectivity index (χ2n) is 6.52. The van der Waals surface area contributed by atoms with Gasteiger partial charge < -0.3 is 9.47 Å². The van der Waals surface area contributed by atoms with Crippen LogP contribution in [0.15, 0.2) is 65.8 Å². The molecule has 28 heavy (non-hydrogen) atoms. The Labute approximate surface area is 165 Å². The van der Waals surface area contributed by atoms with Crippen molar-refractivity contribution >= 4 is 22.9 Å². The van der Waals surface area contributed by atoms with Gasteiger partial charge in [-0.05, 0) is 61.9 Å². The van der Waals surface area contributed by atoms with E-state index in [0.29, 0.717) is 12.2 Å². The number of hydrazone groups is 1. The minimum atomic E-state index is -0.286. The van der Waals surface area contributed by atoms with Crippen LogP contribution in [0.25, 0.3) is 10.8 Å². The largest absolute Gasteiger partial charge is 0.494 e. The van der Waals surface area contributed by atoms with E-state index in [-0.39, 0.29) is 12.0 Å². The first-order valence-electron chi connectivity index (χ1n) is 9.33. The van der Waals surface area contributed by atoms with Crippen LogP contribution in [-0.4, -0.2) is 24.8 Å². The summed E-state index contributed by atoms with van der Waals surface area (Å²) in [5, 5.41) is 6.25. The molecule has 0 saturated carbocycles. The SMILES string of the molecule is CCOc1ccc(C(=O)N/N=C\c2c(OC(C)C)ccc3ccccc23)cc1. The van der Waals surface area contributed by atoms with Crippen LogP contribution in [0.5, 0.6) is 11.5 Å². The normalized spacial score (nSPS) is 11.1. The lowest BCUT2D eigenvalue weighted by Gasteiger charge is -2.14. The quantitative estimate of drug-likeness (QED) is 0.476. The highest BCUT2D eigenvalue weighted by Crippen LogP contribution is 2.27. The molecule has 0 bridgehead atoms. The summed E-state index contributed by atoms with van der Waals surface area (Å²) in [6.45, 7) is 6.45. The molecule has 0 unspecified atom stereocenters. The lowest BCUT2D eigenvalue weighted by atomic mass is 10.0. The van der Waals surface area contributed by atoms with Gasteiger partial charge in [0.15, 0.2) is 0 Å². The van der Waals surface area contributed by atoms with Crippen molar-refractivity contribution in [1.29, 1.82) is 0 Å². The van der Waals surface area contributed by atoms with Gasteiger partial charge in [0.05, 0.1) is 18.9 Å². The summed E-state index contributed by atoms with van der Waals surface area (Å²) >= 11 is 0. The lowest BCUT2D eigenvalue weighted by Crippen LogP contribution is -2.17. The van der Waals surface area contributed by atoms with Gasteiger partial charge in [-0.2, -0.15) is 5.10 Å². The third kappa shape index (κ3) is 4.68. The Balaban J connectivity index is 1.81. The summed E-state index contributed by atoms with van der Waals surface area (Å²) in [4.78, 5) is 12.3. The molecule has 3 rings (SSSR count). The number of benzene rings is 3. The molecule has 1 amide bonds. The first kappa shape index (κ1) is 19.4. The van der Waals surface area contributed by atoms with Crippen LogP contribution in [0.3, 0.4) is 0 Å². The topological polar surface area (TPSA) is 59.9 Å². The molecule has 0 saturated heterocycles. The van der Waals surface area contributed by atoms with E-state index < -0.39 is 0 Å². The van der Waals surface area contributed by atoms with E-state index in [1.165, 1.54) is 0 Å². The number of ether oxygens (including phenoxy) is 2. The molecule has 0 heterocycles. The fourth-order valence-electron chi connectivity index (χ4n) is 2.85. The van der Waals surface area contributed by atoms with Crippen LogP contribution in [0.1, 0.15) is 36.7 Å². The molecule has 3 aromatic carbocycles. The van der Waals surface area contributed by atoms with Crippen molar-refractivity contribution in [3.8, 4) is 11.5 Å². The number of hydrogen-bond acceptors (Lipinski definition) is 4. The fraction of sp³-hybridized carbons (Fsp3) is 0.217. The van der Waals surface area contributed by atoms with Gasteiger partial charge in [-0.3, -0.25) is 4.79 Å². The molecule has 0 fully saturated rings. The second-order valence-corrected chi connectivity index (χ2v) is 6.52. The van der Waals surface area contributed by atoms with Crippen molar-refractivity contribution in [1.82, 2.24) is 5.43 Å². The maximum absolute atomic E-state index is 12.3. The number of nitrogens with zero attached hydrogens (tertiary/aromatic N) is 1. The monoisotopic (exact) mass is 376 g/mol. The molecular weight excluding hydrogens is 352 g/mol. The van der Waals surface area contributed by atoms with E-state index in [1.54, 1.807) is 30.5 Å². The third-order valence-corrected chi connectivity index (χ3v) is 4.08. The van der Waals surface area contributed by atoms with Gasteiger partial charge in [0, 0.05) is 11.1 Å². The zero-order valence-electron chi connectivity index (χ0n) is 16.3. The van der Waals surface area contributed by atoms with Gasteiger partial charge in [-0.25, -0.2) is 5.43 Å². The predicted molar refractivity (Wildman–Crippen MR) is 112 cm³/mol. The molecule has 0 aliphatic heterocycles. The molecule has 0 spiro atoms. The molecule has 0 atom stereocenters. The summed E-state index contributed by atoms with van der Waals surface area (Å²) in [7, 11) is 0. The van der Waals surface area contributed by atoms with Gasteiger partial charge in [0.1, 0.15) is 11.5 Å². The highest BCUT2D eigenvalue weighted by molar-refractivity contribution is 6.03. The van der Waals surface area contributed by atoms with Crippen LogP contribution in [0.2, 0.25) is 0 Å². The molecule has 0 radical (unpaired) electrons. The Kier molecular flexibility index (Phi) is 6.27. The smallest absolute Gasteiger partial charge is 0.271 e. The Hall–Kier alpha value is -3.34. The van der Waals surface area contributed by atoms with Gasteiger partial charge in [0.2, 0.25) is 0 Å². The van der Waals surface area contributed by atoms with Gasteiger partial charge >= 0.3 is 0 Å². The molecule has 144 valence electrons. The average Bonchev–Trinajstić information content (AvgIpc) is 2.69. The standard InChI is InChI=1S/C23H24N2O3/c1-4-27-19-12-9-18(10-13-19)23(26)25-24-15-21-20-8-6-5-7-17(20)11-14-22(21)28-16(2)3/h5-16H,4H2,1-3H3,(H,25,26)/b24-15-. The third-order valence-electron chi connectivity index (χ3n) is 4.08. The van der Waals surface area contributed by atoms with E-state index in [4.69, 9.17) is 9.47 Å². The molecule has 0 aromatic heterocycles. The van der Waals surface area contributed by atoms with Crippen molar-refractivity contribution in [2.45, 2.75) is 26.9 Å². The van der Waals surface area contributed by atoms with E-state index >= 15 is 0 Å². The van der Waals surface area contributed by atoms with Crippen LogP contribution in [0, 0.1) is 0 Å². The number of fused-ring (bicyclic) bond motifs is 1. The molecule has 5 nitrogen and oxygen atoms in total. The zero-order chi connectivity index (χ0) is 19.9. The molecule has 0 aliphatic rings. The molecule has 1 N–H and O–H groups in total. The van der Waals surface area contributed by atoms with Crippen molar-refractivity contribution in [3.05, 3.63) is 71.8 Å². The van der Waals surface area contributed by atoms with Crippen LogP contribution >= 0.6 is 0 Å². The zero-order valence-corrected chi connectivity index (χ0v) is 16.3. The predicted octanol–water partition coefficient (Wildman–Crippen LogP) is 4.79. The summed E-state index contributed by atoms with van der Waals surface area (Å²) in [6, 6.07) is 18.9. The summed E-state index contributed by atoms with van der Waals surface area (Å²) in [5.41, 5.74) is 3.92. The maximum atomic E-state index is 12.3. The lowest BCUT2D eigenvalue weighted by molar-refractivity contribution is 0.0955. The number of carbonyl (C=O) groups excluding carboxylic acids is 1. The van der Waals surface area contributed by atoms with E-state index in [1.807, 2.05) is 57.2 Å². The van der Waals surface area contributed by atoms with Crippen LogP contribution < -0.4 is 14.9 Å². The fourth-order valence-corrected chi connectivity index (χ4v) is 2.85. The van der Waals surface area contributed by atoms with Gasteiger partial charge in [-0.15, -0.1) is 0 Å². The van der Waals surface area contributed by atoms with Crippen molar-refractivity contribution < 1.29 is 14.3 Å². The van der Waals surface area contributed by atoms with E-state index in [2.05, 4.69) is 10.5 Å². The number of amides is 1. The van der Waals surface area contributed by atoms with Gasteiger partial charge in [0.25, 0.3) is 5.91 Å². The van der Waals surface area contributed by atoms with Crippen LogP contribution in [0.4, 0.5) is 0 Å². The molecular formula is C23H24N2O3. The number of carbonyl (C=O) groups is 1. The van der Waals surface area contributed by atoms with Crippen molar-refractivity contribution in [2.75, 3.05) is 6.61 Å². The van der Waals surface area contributed by atoms with Crippen molar-refractivity contribution in [3.63, 3.8) is 0 Å². The Morgan fingerprint density at radius 1 is 1.07 bits per heavy atom. The van der Waals surface area contributed by atoms with Gasteiger partial charge in [-0.1, -0.05) is 30.3 Å². The minimum absolute atomic E-state index is 0.0340. The molecule has 0 aliphatic carbocycles. The Morgan fingerprint density at radius 2 is 1.82 bits per heavy atom. The van der Waals surface area contributed by atoms with E-state index in [9.17, 15) is 4.79 Å². The van der Waals surface area contributed by atoms with E-state index in [0.717, 1.165) is 27.8 Å². The highest BCUT2D eigenvalue weighted by Gasteiger charge is 2.09. The molecule has 3 aromatic rings. The summed E-state index contributed by atoms with van der Waals surface area (Å²) in [6.07, 6.45) is 1.67. The van der Waals surface area contributed by atoms with Crippen molar-refractivity contribution in [2.24, 2.45) is 5.10 Å². The van der Waals surface area contributed by atoms with Crippen LogP contribution in [-0.2, 0) is 0 Å². The Bertz CT molecular complexity index is 979. The summed E-state index contributed by atoms with van der Waals surface area (Å²) in [5.74, 6) is 1.17. The number of nitrogens with one attached hydrogen (secondary N) is 1. The number of hydrogen-bond donors (Lipinski definition) is 1. The first-order valence-corrected chi connectivity index (χ1v) is 9.33. The molecule has 5 heteroatoms. The second kappa shape index (κ2) is 9.04. The first-order chi connectivity index (χ1) is 13.6. The Morgan fingerprint density at radius 3 is 2.54 bits per heavy atom. The maximum Gasteiger partial charge on any atom is 0.271 e. The number of rotatable bonds is 7. The average molecular weight is 376 g/mol.